The maximum atomic E-state index is 12.0. The summed E-state index contributed by atoms with van der Waals surface area (Å²) in [5, 5.41) is 0. The summed E-state index contributed by atoms with van der Waals surface area (Å²) in [4.78, 5) is 12.0. The fourth-order valence-electron chi connectivity index (χ4n) is 1.81. The minimum Gasteiger partial charge on any atom is -0.469 e. The number of carbonyl (C=O) groups excluding carboxylic acids is 1. The third-order valence-electron chi connectivity index (χ3n) is 2.46. The predicted molar refractivity (Wildman–Crippen MR) is 62.7 cm³/mol. The molecule has 1 aromatic carbocycles. The molecule has 1 heterocycles. The number of ketones is 1. The van der Waals surface area contributed by atoms with E-state index in [4.69, 9.17) is 4.42 Å². The van der Waals surface area contributed by atoms with E-state index in [1.165, 1.54) is 0 Å². The summed E-state index contributed by atoms with van der Waals surface area (Å²) in [5.41, 5.74) is 2.99. The van der Waals surface area contributed by atoms with Crippen LogP contribution in [0.4, 0.5) is 0 Å². The van der Waals surface area contributed by atoms with E-state index < -0.39 is 0 Å². The van der Waals surface area contributed by atoms with Crippen molar-refractivity contribution in [2.24, 2.45) is 0 Å². The zero-order chi connectivity index (χ0) is 11.5. The van der Waals surface area contributed by atoms with E-state index in [9.17, 15) is 4.79 Å². The average molecular weight is 214 g/mol. The molecule has 0 aliphatic rings. The van der Waals surface area contributed by atoms with Gasteiger partial charge in [0.05, 0.1) is 12.7 Å². The van der Waals surface area contributed by atoms with Crippen LogP contribution in [0.2, 0.25) is 0 Å². The smallest absolute Gasteiger partial charge is 0.170 e. The van der Waals surface area contributed by atoms with Crippen LogP contribution in [0.25, 0.3) is 0 Å². The van der Waals surface area contributed by atoms with Crippen LogP contribution in [-0.2, 0) is 6.42 Å². The molecule has 0 aliphatic carbocycles. The molecular formula is C14H14O2. The summed E-state index contributed by atoms with van der Waals surface area (Å²) in [6, 6.07) is 9.50. The van der Waals surface area contributed by atoms with Crippen molar-refractivity contribution in [3.8, 4) is 0 Å². The molecule has 0 atom stereocenters. The van der Waals surface area contributed by atoms with Crippen LogP contribution in [0.3, 0.4) is 0 Å². The van der Waals surface area contributed by atoms with Gasteiger partial charge in [-0.3, -0.25) is 4.79 Å². The molecule has 1 aromatic heterocycles. The van der Waals surface area contributed by atoms with Gasteiger partial charge in [0.25, 0.3) is 0 Å². The highest BCUT2D eigenvalue weighted by molar-refractivity contribution is 5.97. The van der Waals surface area contributed by atoms with Crippen LogP contribution < -0.4 is 0 Å². The third-order valence-corrected chi connectivity index (χ3v) is 2.46. The zero-order valence-electron chi connectivity index (χ0n) is 9.49. The Morgan fingerprint density at radius 1 is 1.19 bits per heavy atom. The standard InChI is InChI=1S/C14H14O2/c1-10-6-11(2)8-12(7-10)14(15)9-13-4-3-5-16-13/h3-8H,9H2,1-2H3. The Labute approximate surface area is 94.9 Å². The number of hydrogen-bond donors (Lipinski definition) is 0. The average Bonchev–Trinajstić information content (AvgIpc) is 2.68. The Morgan fingerprint density at radius 2 is 1.88 bits per heavy atom. The lowest BCUT2D eigenvalue weighted by molar-refractivity contribution is 0.0987. The van der Waals surface area contributed by atoms with Crippen LogP contribution in [-0.4, -0.2) is 5.78 Å². The van der Waals surface area contributed by atoms with Crippen LogP contribution in [0.15, 0.2) is 41.0 Å². The van der Waals surface area contributed by atoms with Crippen LogP contribution >= 0.6 is 0 Å². The number of benzene rings is 1. The third kappa shape index (κ3) is 2.40. The molecule has 2 nitrogen and oxygen atoms in total. The maximum Gasteiger partial charge on any atom is 0.170 e. The molecular weight excluding hydrogens is 200 g/mol. The largest absolute Gasteiger partial charge is 0.469 e. The van der Waals surface area contributed by atoms with Crippen LogP contribution in [0.5, 0.6) is 0 Å². The lowest BCUT2D eigenvalue weighted by Gasteiger charge is -2.03. The number of Topliss-reactive ketones (excluding diaryl/α,β-unsaturated/α-hetero) is 1. The Balaban J connectivity index is 2.21. The van der Waals surface area contributed by atoms with Gasteiger partial charge in [-0.1, -0.05) is 17.2 Å². The molecule has 16 heavy (non-hydrogen) atoms. The van der Waals surface area contributed by atoms with Crippen molar-refractivity contribution in [3.05, 3.63) is 59.0 Å². The van der Waals surface area contributed by atoms with Crippen molar-refractivity contribution in [3.63, 3.8) is 0 Å². The summed E-state index contributed by atoms with van der Waals surface area (Å²) < 4.78 is 5.17. The van der Waals surface area contributed by atoms with Gasteiger partial charge in [-0.15, -0.1) is 0 Å². The van der Waals surface area contributed by atoms with Crippen molar-refractivity contribution >= 4 is 5.78 Å². The van der Waals surface area contributed by atoms with Gasteiger partial charge in [-0.05, 0) is 38.1 Å². The quantitative estimate of drug-likeness (QED) is 0.734. The van der Waals surface area contributed by atoms with Crippen molar-refractivity contribution in [1.82, 2.24) is 0 Å². The minimum absolute atomic E-state index is 0.0988. The van der Waals surface area contributed by atoms with Crippen molar-refractivity contribution in [2.45, 2.75) is 20.3 Å². The molecule has 0 saturated carbocycles. The highest BCUT2D eigenvalue weighted by Gasteiger charge is 2.09. The second kappa shape index (κ2) is 4.35. The van der Waals surface area contributed by atoms with Crippen molar-refractivity contribution < 1.29 is 9.21 Å². The van der Waals surface area contributed by atoms with E-state index in [1.807, 2.05) is 32.0 Å². The molecule has 82 valence electrons. The molecule has 0 N–H and O–H groups in total. The summed E-state index contributed by atoms with van der Waals surface area (Å²) in [7, 11) is 0. The highest BCUT2D eigenvalue weighted by Crippen LogP contribution is 2.12. The Hall–Kier alpha value is -1.83. The number of rotatable bonds is 3. The van der Waals surface area contributed by atoms with Crippen LogP contribution in [0.1, 0.15) is 27.2 Å². The molecule has 0 bridgehead atoms. The molecule has 0 aliphatic heterocycles. The second-order valence-electron chi connectivity index (χ2n) is 4.06. The van der Waals surface area contributed by atoms with Gasteiger partial charge in [0.1, 0.15) is 5.76 Å². The van der Waals surface area contributed by atoms with E-state index in [-0.39, 0.29) is 5.78 Å². The number of hydrogen-bond acceptors (Lipinski definition) is 2. The van der Waals surface area contributed by atoms with E-state index in [0.717, 1.165) is 16.7 Å². The van der Waals surface area contributed by atoms with Crippen LogP contribution in [0, 0.1) is 13.8 Å². The summed E-state index contributed by atoms with van der Waals surface area (Å²) >= 11 is 0. The van der Waals surface area contributed by atoms with Gasteiger partial charge in [-0.25, -0.2) is 0 Å². The highest BCUT2D eigenvalue weighted by atomic mass is 16.3. The summed E-state index contributed by atoms with van der Waals surface area (Å²) in [6.45, 7) is 3.99. The zero-order valence-corrected chi connectivity index (χ0v) is 9.49. The number of furan rings is 1. The van der Waals surface area contributed by atoms with Gasteiger partial charge >= 0.3 is 0 Å². The molecule has 2 rings (SSSR count). The predicted octanol–water partition coefficient (Wildman–Crippen LogP) is 3.32. The fraction of sp³-hybridized carbons (Fsp3) is 0.214. The molecule has 2 heteroatoms. The second-order valence-corrected chi connectivity index (χ2v) is 4.06. The van der Waals surface area contributed by atoms with Crippen molar-refractivity contribution in [1.29, 1.82) is 0 Å². The van der Waals surface area contributed by atoms with Gasteiger partial charge in [0, 0.05) is 5.56 Å². The first-order chi connectivity index (χ1) is 7.65. The lowest BCUT2D eigenvalue weighted by atomic mass is 10.0. The first-order valence-corrected chi connectivity index (χ1v) is 5.29. The fourth-order valence-corrected chi connectivity index (χ4v) is 1.81. The first-order valence-electron chi connectivity index (χ1n) is 5.29. The van der Waals surface area contributed by atoms with E-state index >= 15 is 0 Å². The minimum atomic E-state index is 0.0988. The lowest BCUT2D eigenvalue weighted by Crippen LogP contribution is -2.03. The Morgan fingerprint density at radius 3 is 2.44 bits per heavy atom. The Bertz CT molecular complexity index is 475. The van der Waals surface area contributed by atoms with E-state index in [2.05, 4.69) is 6.07 Å². The van der Waals surface area contributed by atoms with E-state index in [0.29, 0.717) is 12.2 Å². The Kier molecular flexibility index (Phi) is 2.91. The summed E-state index contributed by atoms with van der Waals surface area (Å²) in [5.74, 6) is 0.811. The molecule has 0 fully saturated rings. The van der Waals surface area contributed by atoms with Crippen molar-refractivity contribution in [2.75, 3.05) is 0 Å². The molecule has 0 radical (unpaired) electrons. The monoisotopic (exact) mass is 214 g/mol. The van der Waals surface area contributed by atoms with Gasteiger partial charge in [0.15, 0.2) is 5.78 Å². The van der Waals surface area contributed by atoms with E-state index in [1.54, 1.807) is 12.3 Å². The topological polar surface area (TPSA) is 30.2 Å². The molecule has 0 spiro atoms. The first kappa shape index (κ1) is 10.7. The number of carbonyl (C=O) groups is 1. The maximum absolute atomic E-state index is 12.0. The molecule has 0 unspecified atom stereocenters. The normalized spacial score (nSPS) is 10.4. The van der Waals surface area contributed by atoms with Gasteiger partial charge in [-0.2, -0.15) is 0 Å². The summed E-state index contributed by atoms with van der Waals surface area (Å²) in [6.07, 6.45) is 1.92. The molecule has 2 aromatic rings. The molecule has 0 amide bonds. The SMILES string of the molecule is Cc1cc(C)cc(C(=O)Cc2ccco2)c1. The van der Waals surface area contributed by atoms with Gasteiger partial charge in [0.2, 0.25) is 0 Å². The molecule has 0 saturated heterocycles. The number of aryl methyl sites for hydroxylation is 2. The van der Waals surface area contributed by atoms with Gasteiger partial charge < -0.3 is 4.42 Å².